The molecule has 8 heteroatoms. The van der Waals surface area contributed by atoms with Crippen LogP contribution in [0, 0.1) is 0 Å². The van der Waals surface area contributed by atoms with Gasteiger partial charge in [-0.1, -0.05) is 11.6 Å². The first-order chi connectivity index (χ1) is 15.1. The topological polar surface area (TPSA) is 70.6 Å². The molecular formula is C23H24ClN5O2. The summed E-state index contributed by atoms with van der Waals surface area (Å²) in [6.45, 7) is 5.23. The Hall–Kier alpha value is -3.32. The molecule has 31 heavy (non-hydrogen) atoms. The number of rotatable bonds is 5. The minimum Gasteiger partial charge on any atom is -0.494 e. The molecule has 0 atom stereocenters. The van der Waals surface area contributed by atoms with Crippen molar-refractivity contribution in [2.75, 3.05) is 43.0 Å². The Labute approximate surface area is 186 Å². The summed E-state index contributed by atoms with van der Waals surface area (Å²) in [5, 5.41) is 12.3. The first-order valence-electron chi connectivity index (χ1n) is 10.3. The van der Waals surface area contributed by atoms with Crippen LogP contribution < -0.4 is 15.0 Å². The Bertz CT molecular complexity index is 1000. The fraction of sp³-hybridized carbons (Fsp3) is 0.261. The summed E-state index contributed by atoms with van der Waals surface area (Å²) in [6, 6.07) is 18.7. The van der Waals surface area contributed by atoms with Crippen LogP contribution >= 0.6 is 11.6 Å². The predicted molar refractivity (Wildman–Crippen MR) is 123 cm³/mol. The zero-order chi connectivity index (χ0) is 21.6. The number of hydrogen-bond acceptors (Lipinski definition) is 5. The van der Waals surface area contributed by atoms with Crippen molar-refractivity contribution in [2.24, 2.45) is 0 Å². The molecule has 1 aromatic heterocycles. The molecule has 2 amide bonds. The molecule has 4 rings (SSSR count). The van der Waals surface area contributed by atoms with Crippen LogP contribution in [0.25, 0.3) is 11.3 Å². The number of amides is 2. The normalized spacial score (nSPS) is 13.7. The van der Waals surface area contributed by atoms with Gasteiger partial charge in [-0.2, -0.15) is 0 Å². The van der Waals surface area contributed by atoms with Crippen LogP contribution in [0.15, 0.2) is 60.7 Å². The maximum absolute atomic E-state index is 12.5. The van der Waals surface area contributed by atoms with Crippen LogP contribution in [0.4, 0.5) is 16.3 Å². The van der Waals surface area contributed by atoms with E-state index in [2.05, 4.69) is 20.4 Å². The van der Waals surface area contributed by atoms with E-state index in [4.69, 9.17) is 16.3 Å². The summed E-state index contributed by atoms with van der Waals surface area (Å²) in [5.74, 6) is 1.65. The van der Waals surface area contributed by atoms with E-state index in [-0.39, 0.29) is 6.03 Å². The van der Waals surface area contributed by atoms with Gasteiger partial charge < -0.3 is 19.9 Å². The molecule has 1 aliphatic heterocycles. The zero-order valence-corrected chi connectivity index (χ0v) is 18.0. The van der Waals surface area contributed by atoms with Gasteiger partial charge in [0, 0.05) is 42.5 Å². The Balaban J connectivity index is 1.32. The van der Waals surface area contributed by atoms with Crippen molar-refractivity contribution in [3.05, 3.63) is 65.7 Å². The van der Waals surface area contributed by atoms with Crippen molar-refractivity contribution < 1.29 is 9.53 Å². The minimum absolute atomic E-state index is 0.112. The molecule has 1 saturated heterocycles. The molecule has 0 unspecified atom stereocenters. The molecule has 0 spiro atoms. The average molecular weight is 438 g/mol. The average Bonchev–Trinajstić information content (AvgIpc) is 2.81. The van der Waals surface area contributed by atoms with Crippen molar-refractivity contribution in [3.8, 4) is 17.0 Å². The minimum atomic E-state index is -0.112. The largest absolute Gasteiger partial charge is 0.494 e. The number of piperazine rings is 1. The fourth-order valence-electron chi connectivity index (χ4n) is 3.41. The number of nitrogens with zero attached hydrogens (tertiary/aromatic N) is 4. The third kappa shape index (κ3) is 5.24. The molecule has 2 aromatic carbocycles. The van der Waals surface area contributed by atoms with Crippen LogP contribution in [0.1, 0.15) is 6.92 Å². The molecular weight excluding hydrogens is 414 g/mol. The highest BCUT2D eigenvalue weighted by Gasteiger charge is 2.22. The van der Waals surface area contributed by atoms with Crippen molar-refractivity contribution >= 4 is 29.1 Å². The molecule has 1 aliphatic rings. The van der Waals surface area contributed by atoms with Crippen LogP contribution in [0.3, 0.4) is 0 Å². The lowest BCUT2D eigenvalue weighted by Gasteiger charge is -2.35. The van der Waals surface area contributed by atoms with Crippen molar-refractivity contribution in [1.29, 1.82) is 0 Å². The molecule has 0 radical (unpaired) electrons. The van der Waals surface area contributed by atoms with Crippen LogP contribution in [0.5, 0.6) is 5.75 Å². The monoisotopic (exact) mass is 437 g/mol. The Morgan fingerprint density at radius 3 is 2.29 bits per heavy atom. The summed E-state index contributed by atoms with van der Waals surface area (Å²) in [4.78, 5) is 16.4. The molecule has 3 aromatic rings. The van der Waals surface area contributed by atoms with Crippen LogP contribution in [-0.2, 0) is 0 Å². The lowest BCUT2D eigenvalue weighted by Crippen LogP contribution is -2.50. The maximum Gasteiger partial charge on any atom is 0.321 e. The summed E-state index contributed by atoms with van der Waals surface area (Å²) in [7, 11) is 0. The SMILES string of the molecule is CCOc1ccc(-c2ccc(N3CCN(C(=O)Nc4ccc(Cl)cc4)CC3)nn2)cc1. The Morgan fingerprint density at radius 2 is 1.68 bits per heavy atom. The van der Waals surface area contributed by atoms with E-state index in [9.17, 15) is 4.79 Å². The first kappa shape index (κ1) is 20.9. The van der Waals surface area contributed by atoms with E-state index in [0.29, 0.717) is 37.8 Å². The van der Waals surface area contributed by atoms with Crippen molar-refractivity contribution in [2.45, 2.75) is 6.92 Å². The Kier molecular flexibility index (Phi) is 6.52. The number of halogens is 1. The zero-order valence-electron chi connectivity index (χ0n) is 17.3. The van der Waals surface area contributed by atoms with E-state index >= 15 is 0 Å². The summed E-state index contributed by atoms with van der Waals surface area (Å²) in [6.07, 6.45) is 0. The number of nitrogens with one attached hydrogen (secondary N) is 1. The van der Waals surface area contributed by atoms with Gasteiger partial charge in [-0.05, 0) is 67.6 Å². The molecule has 0 bridgehead atoms. The van der Waals surface area contributed by atoms with Gasteiger partial charge in [-0.3, -0.25) is 0 Å². The van der Waals surface area contributed by atoms with Gasteiger partial charge in [-0.25, -0.2) is 4.79 Å². The second-order valence-electron chi connectivity index (χ2n) is 7.15. The number of hydrogen-bond donors (Lipinski definition) is 1. The van der Waals surface area contributed by atoms with E-state index < -0.39 is 0 Å². The lowest BCUT2D eigenvalue weighted by molar-refractivity contribution is 0.208. The smallest absolute Gasteiger partial charge is 0.321 e. The van der Waals surface area contributed by atoms with Crippen LogP contribution in [0.2, 0.25) is 5.02 Å². The van der Waals surface area contributed by atoms with Gasteiger partial charge in [0.05, 0.1) is 12.3 Å². The van der Waals surface area contributed by atoms with Gasteiger partial charge in [-0.15, -0.1) is 10.2 Å². The van der Waals surface area contributed by atoms with Gasteiger partial charge in [0.2, 0.25) is 0 Å². The third-order valence-corrected chi connectivity index (χ3v) is 5.35. The highest BCUT2D eigenvalue weighted by molar-refractivity contribution is 6.30. The molecule has 7 nitrogen and oxygen atoms in total. The number of carbonyl (C=O) groups is 1. The highest BCUT2D eigenvalue weighted by Crippen LogP contribution is 2.22. The first-order valence-corrected chi connectivity index (χ1v) is 10.6. The number of carbonyl (C=O) groups excluding carboxylic acids is 1. The number of ether oxygens (including phenoxy) is 1. The van der Waals surface area contributed by atoms with E-state index in [1.165, 1.54) is 0 Å². The standard InChI is InChI=1S/C23H24ClN5O2/c1-2-31-20-9-3-17(4-10-20)21-11-12-22(27-26-21)28-13-15-29(16-14-28)23(30)25-19-7-5-18(24)6-8-19/h3-12H,2,13-16H2,1H3,(H,25,30). The molecule has 0 saturated carbocycles. The fourth-order valence-corrected chi connectivity index (χ4v) is 3.54. The van der Waals surface area contributed by atoms with E-state index in [0.717, 1.165) is 28.5 Å². The molecule has 1 N–H and O–H groups in total. The predicted octanol–water partition coefficient (Wildman–Crippen LogP) is 4.55. The molecule has 160 valence electrons. The number of benzene rings is 2. The van der Waals surface area contributed by atoms with Crippen LogP contribution in [-0.4, -0.2) is 53.9 Å². The molecule has 1 fully saturated rings. The molecule has 2 heterocycles. The van der Waals surface area contributed by atoms with Gasteiger partial charge in [0.15, 0.2) is 5.82 Å². The van der Waals surface area contributed by atoms with Gasteiger partial charge in [0.1, 0.15) is 5.75 Å². The summed E-state index contributed by atoms with van der Waals surface area (Å²) < 4.78 is 5.48. The van der Waals surface area contributed by atoms with E-state index in [1.807, 2.05) is 43.3 Å². The van der Waals surface area contributed by atoms with Crippen molar-refractivity contribution in [1.82, 2.24) is 15.1 Å². The second-order valence-corrected chi connectivity index (χ2v) is 7.58. The Morgan fingerprint density at radius 1 is 0.968 bits per heavy atom. The second kappa shape index (κ2) is 9.66. The van der Waals surface area contributed by atoms with Crippen molar-refractivity contribution in [3.63, 3.8) is 0 Å². The maximum atomic E-state index is 12.5. The third-order valence-electron chi connectivity index (χ3n) is 5.10. The van der Waals surface area contributed by atoms with Gasteiger partial charge in [0.25, 0.3) is 0 Å². The van der Waals surface area contributed by atoms with Gasteiger partial charge >= 0.3 is 6.03 Å². The number of urea groups is 1. The number of anilines is 2. The quantitative estimate of drug-likeness (QED) is 0.634. The summed E-state index contributed by atoms with van der Waals surface area (Å²) >= 11 is 5.89. The molecule has 0 aliphatic carbocycles. The lowest BCUT2D eigenvalue weighted by atomic mass is 10.1. The van der Waals surface area contributed by atoms with E-state index in [1.54, 1.807) is 29.2 Å². The summed E-state index contributed by atoms with van der Waals surface area (Å²) in [5.41, 5.74) is 2.53. The number of aromatic nitrogens is 2. The highest BCUT2D eigenvalue weighted by atomic mass is 35.5.